The Labute approximate surface area is 128 Å². The molecule has 0 spiro atoms. The second kappa shape index (κ2) is 5.93. The van der Waals surface area contributed by atoms with Crippen molar-refractivity contribution in [1.82, 2.24) is 0 Å². The third kappa shape index (κ3) is 2.55. The maximum absolute atomic E-state index is 5.97. The number of methoxy groups -OCH3 is 3. The number of rotatable bonds is 4. The highest BCUT2D eigenvalue weighted by Gasteiger charge is 2.17. The van der Waals surface area contributed by atoms with Crippen molar-refractivity contribution in [3.05, 3.63) is 48.5 Å². The van der Waals surface area contributed by atoms with Gasteiger partial charge in [0.25, 0.3) is 0 Å². The molecular formula is C18H17O4+. The summed E-state index contributed by atoms with van der Waals surface area (Å²) in [6, 6.07) is 15.4. The SMILES string of the molecule is COc1ccc2[o+]c(-c3ccc(OC)c(OC)c3)ccc2c1. The molecule has 0 bridgehead atoms. The molecule has 0 fully saturated rings. The van der Waals surface area contributed by atoms with E-state index in [1.807, 2.05) is 48.5 Å². The van der Waals surface area contributed by atoms with Gasteiger partial charge in [0, 0.05) is 18.2 Å². The highest BCUT2D eigenvalue weighted by molar-refractivity contribution is 5.80. The first-order chi connectivity index (χ1) is 10.7. The van der Waals surface area contributed by atoms with Gasteiger partial charge in [0.15, 0.2) is 11.5 Å². The van der Waals surface area contributed by atoms with Gasteiger partial charge in [0.1, 0.15) is 5.75 Å². The van der Waals surface area contributed by atoms with Crippen LogP contribution >= 0.6 is 0 Å². The van der Waals surface area contributed by atoms with Gasteiger partial charge in [0.05, 0.1) is 32.3 Å². The average Bonchev–Trinajstić information content (AvgIpc) is 2.60. The van der Waals surface area contributed by atoms with Crippen molar-refractivity contribution in [2.24, 2.45) is 0 Å². The molecule has 0 N–H and O–H groups in total. The summed E-state index contributed by atoms with van der Waals surface area (Å²) < 4.78 is 21.8. The Hall–Kier alpha value is -2.75. The molecular weight excluding hydrogens is 280 g/mol. The van der Waals surface area contributed by atoms with Crippen LogP contribution in [0.4, 0.5) is 0 Å². The predicted octanol–water partition coefficient (Wildman–Crippen LogP) is 4.41. The number of ether oxygens (including phenoxy) is 3. The van der Waals surface area contributed by atoms with Crippen molar-refractivity contribution in [3.63, 3.8) is 0 Å². The lowest BCUT2D eigenvalue weighted by Crippen LogP contribution is -1.91. The molecule has 3 rings (SSSR count). The molecule has 0 saturated carbocycles. The molecule has 4 heteroatoms. The molecule has 2 aromatic carbocycles. The number of hydrogen-bond donors (Lipinski definition) is 0. The largest absolute Gasteiger partial charge is 0.497 e. The van der Waals surface area contributed by atoms with Gasteiger partial charge in [-0.05, 0) is 30.3 Å². The molecule has 22 heavy (non-hydrogen) atoms. The van der Waals surface area contributed by atoms with E-state index in [4.69, 9.17) is 18.6 Å². The smallest absolute Gasteiger partial charge is 0.361 e. The first-order valence-electron chi connectivity index (χ1n) is 6.88. The zero-order valence-electron chi connectivity index (χ0n) is 12.8. The maximum Gasteiger partial charge on any atom is 0.361 e. The van der Waals surface area contributed by atoms with Crippen LogP contribution in [-0.4, -0.2) is 21.3 Å². The van der Waals surface area contributed by atoms with Gasteiger partial charge < -0.3 is 14.2 Å². The second-order valence-corrected chi connectivity index (χ2v) is 4.77. The van der Waals surface area contributed by atoms with Crippen molar-refractivity contribution in [2.45, 2.75) is 0 Å². The molecule has 4 nitrogen and oxygen atoms in total. The third-order valence-electron chi connectivity index (χ3n) is 3.52. The molecule has 0 atom stereocenters. The van der Waals surface area contributed by atoms with Gasteiger partial charge in [-0.1, -0.05) is 0 Å². The van der Waals surface area contributed by atoms with Crippen LogP contribution in [0.1, 0.15) is 0 Å². The normalized spacial score (nSPS) is 10.5. The molecule has 0 aliphatic carbocycles. The summed E-state index contributed by atoms with van der Waals surface area (Å²) in [5.74, 6) is 2.93. The second-order valence-electron chi connectivity index (χ2n) is 4.77. The Bertz CT molecular complexity index is 811. The quantitative estimate of drug-likeness (QED) is 0.669. The maximum atomic E-state index is 5.97. The number of benzene rings is 2. The molecule has 0 saturated heterocycles. The summed E-state index contributed by atoms with van der Waals surface area (Å²) in [5, 5.41) is 0.989. The average molecular weight is 297 g/mol. The number of fused-ring (bicyclic) bond motifs is 1. The van der Waals surface area contributed by atoms with E-state index in [1.54, 1.807) is 21.3 Å². The lowest BCUT2D eigenvalue weighted by Gasteiger charge is -2.07. The van der Waals surface area contributed by atoms with E-state index in [0.29, 0.717) is 11.5 Å². The molecule has 0 aliphatic rings. The summed E-state index contributed by atoms with van der Waals surface area (Å²) in [6.07, 6.45) is 0. The van der Waals surface area contributed by atoms with Gasteiger partial charge >= 0.3 is 11.3 Å². The van der Waals surface area contributed by atoms with E-state index in [9.17, 15) is 0 Å². The Morgan fingerprint density at radius 3 is 2.27 bits per heavy atom. The fraction of sp³-hybridized carbons (Fsp3) is 0.167. The monoisotopic (exact) mass is 297 g/mol. The molecule has 0 aliphatic heterocycles. The van der Waals surface area contributed by atoms with Gasteiger partial charge in [0.2, 0.25) is 0 Å². The molecule has 0 radical (unpaired) electrons. The van der Waals surface area contributed by atoms with Crippen molar-refractivity contribution >= 4 is 11.0 Å². The predicted molar refractivity (Wildman–Crippen MR) is 85.7 cm³/mol. The van der Waals surface area contributed by atoms with E-state index in [-0.39, 0.29) is 0 Å². The minimum Gasteiger partial charge on any atom is -0.497 e. The Balaban J connectivity index is 2.06. The van der Waals surface area contributed by atoms with Crippen molar-refractivity contribution < 1.29 is 18.6 Å². The van der Waals surface area contributed by atoms with Crippen LogP contribution in [0.25, 0.3) is 22.3 Å². The number of hydrogen-bond acceptors (Lipinski definition) is 3. The van der Waals surface area contributed by atoms with Crippen LogP contribution in [0.15, 0.2) is 52.9 Å². The molecule has 112 valence electrons. The van der Waals surface area contributed by atoms with Crippen LogP contribution in [0.3, 0.4) is 0 Å². The van der Waals surface area contributed by atoms with E-state index >= 15 is 0 Å². The van der Waals surface area contributed by atoms with Gasteiger partial charge in [-0.25, -0.2) is 4.42 Å². The van der Waals surface area contributed by atoms with Crippen LogP contribution < -0.4 is 14.2 Å². The van der Waals surface area contributed by atoms with Gasteiger partial charge in [-0.3, -0.25) is 0 Å². The summed E-state index contributed by atoms with van der Waals surface area (Å²) in [4.78, 5) is 0. The Morgan fingerprint density at radius 1 is 0.727 bits per heavy atom. The molecule has 3 aromatic rings. The van der Waals surface area contributed by atoms with E-state index < -0.39 is 0 Å². The standard InChI is InChI=1S/C18H17O4/c1-19-14-6-9-16-12(10-14)4-7-15(22-16)13-5-8-17(20-2)18(11-13)21-3/h4-11H,1-3H3/q+1. The topological polar surface area (TPSA) is 39.0 Å². The zero-order valence-corrected chi connectivity index (χ0v) is 12.8. The molecule has 0 unspecified atom stereocenters. The lowest BCUT2D eigenvalue weighted by atomic mass is 10.1. The molecule has 0 amide bonds. The van der Waals surface area contributed by atoms with E-state index in [2.05, 4.69) is 0 Å². The van der Waals surface area contributed by atoms with E-state index in [1.165, 1.54) is 0 Å². The Kier molecular flexibility index (Phi) is 3.83. The van der Waals surface area contributed by atoms with Crippen LogP contribution in [0.5, 0.6) is 17.2 Å². The van der Waals surface area contributed by atoms with Crippen LogP contribution in [0.2, 0.25) is 0 Å². The lowest BCUT2D eigenvalue weighted by molar-refractivity contribution is 0.355. The van der Waals surface area contributed by atoms with Crippen LogP contribution in [0, 0.1) is 0 Å². The van der Waals surface area contributed by atoms with Gasteiger partial charge in [-0.15, -0.1) is 0 Å². The minimum absolute atomic E-state index is 0.671. The van der Waals surface area contributed by atoms with E-state index in [0.717, 1.165) is 28.0 Å². The fourth-order valence-corrected chi connectivity index (χ4v) is 2.34. The highest BCUT2D eigenvalue weighted by Crippen LogP contribution is 2.33. The first-order valence-corrected chi connectivity index (χ1v) is 6.88. The third-order valence-corrected chi connectivity index (χ3v) is 3.52. The molecule has 1 heterocycles. The summed E-state index contributed by atoms with van der Waals surface area (Å²) >= 11 is 0. The van der Waals surface area contributed by atoms with Crippen molar-refractivity contribution in [2.75, 3.05) is 21.3 Å². The molecule has 1 aromatic heterocycles. The Morgan fingerprint density at radius 2 is 1.55 bits per heavy atom. The minimum atomic E-state index is 0.671. The summed E-state index contributed by atoms with van der Waals surface area (Å²) in [7, 11) is 4.88. The summed E-state index contributed by atoms with van der Waals surface area (Å²) in [5.41, 5.74) is 1.73. The van der Waals surface area contributed by atoms with Crippen molar-refractivity contribution in [1.29, 1.82) is 0 Å². The van der Waals surface area contributed by atoms with Gasteiger partial charge in [-0.2, -0.15) is 0 Å². The highest BCUT2D eigenvalue weighted by atomic mass is 16.5. The fourth-order valence-electron chi connectivity index (χ4n) is 2.34. The van der Waals surface area contributed by atoms with Crippen LogP contribution in [-0.2, 0) is 0 Å². The zero-order chi connectivity index (χ0) is 15.5. The van der Waals surface area contributed by atoms with Crippen molar-refractivity contribution in [3.8, 4) is 28.6 Å². The summed E-state index contributed by atoms with van der Waals surface area (Å²) in [6.45, 7) is 0. The first kappa shape index (κ1) is 14.2.